The molecule has 0 atom stereocenters. The van der Waals surface area contributed by atoms with Gasteiger partial charge in [0, 0.05) is 19.2 Å². The van der Waals surface area contributed by atoms with E-state index in [9.17, 15) is 14.9 Å². The fourth-order valence-corrected chi connectivity index (χ4v) is 2.42. The summed E-state index contributed by atoms with van der Waals surface area (Å²) in [5.41, 5.74) is 0.574. The number of aliphatic hydroxyl groups is 1. The van der Waals surface area contributed by atoms with E-state index < -0.39 is 10.9 Å². The van der Waals surface area contributed by atoms with Gasteiger partial charge < -0.3 is 14.7 Å². The summed E-state index contributed by atoms with van der Waals surface area (Å²) in [5, 5.41) is 19.9. The minimum absolute atomic E-state index is 0.0876. The summed E-state index contributed by atoms with van der Waals surface area (Å²) < 4.78 is 4.77. The average molecular weight is 294 g/mol. The van der Waals surface area contributed by atoms with Gasteiger partial charge in [0.2, 0.25) is 0 Å². The van der Waals surface area contributed by atoms with Gasteiger partial charge in [-0.2, -0.15) is 0 Å². The molecule has 2 rings (SSSR count). The molecule has 0 radical (unpaired) electrons. The molecule has 0 aromatic heterocycles. The van der Waals surface area contributed by atoms with Crippen molar-refractivity contribution >= 4 is 17.3 Å². The number of hydrogen-bond acceptors (Lipinski definition) is 6. The van der Waals surface area contributed by atoms with E-state index in [0.29, 0.717) is 5.69 Å². The monoisotopic (exact) mass is 294 g/mol. The van der Waals surface area contributed by atoms with Crippen molar-refractivity contribution in [3.8, 4) is 0 Å². The van der Waals surface area contributed by atoms with Gasteiger partial charge in [0.15, 0.2) is 0 Å². The Bertz CT molecular complexity index is 526. The molecule has 1 aliphatic rings. The van der Waals surface area contributed by atoms with Crippen molar-refractivity contribution in [2.75, 3.05) is 31.2 Å². The zero-order valence-corrected chi connectivity index (χ0v) is 11.7. The van der Waals surface area contributed by atoms with Gasteiger partial charge in [-0.3, -0.25) is 10.1 Å². The molecule has 1 aromatic rings. The Balaban J connectivity index is 2.26. The Morgan fingerprint density at radius 2 is 2.05 bits per heavy atom. The van der Waals surface area contributed by atoms with Crippen LogP contribution in [0.1, 0.15) is 29.6 Å². The van der Waals surface area contributed by atoms with Gasteiger partial charge in [0.25, 0.3) is 5.69 Å². The minimum atomic E-state index is -0.669. The van der Waals surface area contributed by atoms with Crippen molar-refractivity contribution in [1.82, 2.24) is 0 Å². The van der Waals surface area contributed by atoms with E-state index in [-0.39, 0.29) is 24.5 Å². The van der Waals surface area contributed by atoms with Crippen LogP contribution in [0.25, 0.3) is 0 Å². The van der Waals surface area contributed by atoms with Crippen LogP contribution in [-0.2, 0) is 4.74 Å². The van der Waals surface area contributed by atoms with Crippen LogP contribution < -0.4 is 4.90 Å². The molecule has 21 heavy (non-hydrogen) atoms. The van der Waals surface area contributed by atoms with Crippen molar-refractivity contribution in [2.45, 2.75) is 19.3 Å². The minimum Gasteiger partial charge on any atom is -0.460 e. The Labute approximate surface area is 122 Å². The molecule has 1 aliphatic heterocycles. The molecule has 0 bridgehead atoms. The zero-order valence-electron chi connectivity index (χ0n) is 11.7. The zero-order chi connectivity index (χ0) is 15.2. The van der Waals surface area contributed by atoms with Crippen molar-refractivity contribution in [1.29, 1.82) is 0 Å². The van der Waals surface area contributed by atoms with Crippen LogP contribution in [0.5, 0.6) is 0 Å². The molecule has 7 nitrogen and oxygen atoms in total. The van der Waals surface area contributed by atoms with Gasteiger partial charge >= 0.3 is 5.97 Å². The molecule has 114 valence electrons. The predicted octanol–water partition coefficient (Wildman–Crippen LogP) is 1.73. The Morgan fingerprint density at radius 1 is 1.33 bits per heavy atom. The molecule has 0 aliphatic carbocycles. The summed E-state index contributed by atoms with van der Waals surface area (Å²) >= 11 is 0. The fourth-order valence-electron chi connectivity index (χ4n) is 2.42. The molecular formula is C14H18N2O5. The lowest BCUT2D eigenvalue weighted by molar-refractivity contribution is -0.384. The number of rotatable bonds is 5. The SMILES string of the molecule is O=C(OCCO)c1ccc(N2CCCCC2)c([N+](=O)[O-])c1. The molecule has 0 spiro atoms. The summed E-state index contributed by atoms with van der Waals surface area (Å²) in [4.78, 5) is 24.4. The van der Waals surface area contributed by atoms with Crippen LogP contribution >= 0.6 is 0 Å². The molecule has 1 N–H and O–H groups in total. The van der Waals surface area contributed by atoms with Crippen LogP contribution in [0, 0.1) is 10.1 Å². The number of nitro groups is 1. The number of ether oxygens (including phenoxy) is 1. The van der Waals surface area contributed by atoms with Crippen LogP contribution in [-0.4, -0.2) is 42.3 Å². The van der Waals surface area contributed by atoms with E-state index in [1.807, 2.05) is 4.90 Å². The third-order valence-electron chi connectivity index (χ3n) is 3.43. The smallest absolute Gasteiger partial charge is 0.338 e. The highest BCUT2D eigenvalue weighted by Gasteiger charge is 2.23. The second-order valence-electron chi connectivity index (χ2n) is 4.87. The highest BCUT2D eigenvalue weighted by Crippen LogP contribution is 2.31. The lowest BCUT2D eigenvalue weighted by Crippen LogP contribution is -2.30. The molecule has 1 saturated heterocycles. The first-order valence-corrected chi connectivity index (χ1v) is 6.95. The molecule has 1 fully saturated rings. The maximum absolute atomic E-state index is 11.7. The maximum atomic E-state index is 11.7. The summed E-state index contributed by atoms with van der Waals surface area (Å²) in [6.07, 6.45) is 3.16. The number of anilines is 1. The van der Waals surface area contributed by atoms with Crippen LogP contribution in [0.4, 0.5) is 11.4 Å². The summed E-state index contributed by atoms with van der Waals surface area (Å²) in [6, 6.07) is 4.36. The summed E-state index contributed by atoms with van der Waals surface area (Å²) in [5.74, 6) is -0.669. The van der Waals surface area contributed by atoms with E-state index in [1.165, 1.54) is 12.1 Å². The molecule has 1 heterocycles. The number of carbonyl (C=O) groups excluding carboxylic acids is 1. The largest absolute Gasteiger partial charge is 0.460 e. The maximum Gasteiger partial charge on any atom is 0.338 e. The van der Waals surface area contributed by atoms with Crippen LogP contribution in [0.3, 0.4) is 0 Å². The highest BCUT2D eigenvalue weighted by molar-refractivity contribution is 5.91. The number of carbonyl (C=O) groups is 1. The van der Waals surface area contributed by atoms with Crippen LogP contribution in [0.15, 0.2) is 18.2 Å². The van der Waals surface area contributed by atoms with Gasteiger partial charge in [-0.05, 0) is 31.4 Å². The van der Waals surface area contributed by atoms with E-state index in [1.54, 1.807) is 6.07 Å². The number of benzene rings is 1. The number of nitrogens with zero attached hydrogens (tertiary/aromatic N) is 2. The molecule has 0 amide bonds. The van der Waals surface area contributed by atoms with Crippen molar-refractivity contribution in [3.63, 3.8) is 0 Å². The number of piperidine rings is 1. The molecular weight excluding hydrogens is 276 g/mol. The molecule has 1 aromatic carbocycles. The Morgan fingerprint density at radius 3 is 2.67 bits per heavy atom. The van der Waals surface area contributed by atoms with E-state index >= 15 is 0 Å². The first-order valence-electron chi connectivity index (χ1n) is 6.95. The lowest BCUT2D eigenvalue weighted by atomic mass is 10.1. The summed E-state index contributed by atoms with van der Waals surface area (Å²) in [7, 11) is 0. The first-order chi connectivity index (χ1) is 10.1. The van der Waals surface area contributed by atoms with Gasteiger partial charge in [-0.25, -0.2) is 4.79 Å². The highest BCUT2D eigenvalue weighted by atomic mass is 16.6. The average Bonchev–Trinajstić information content (AvgIpc) is 2.52. The second kappa shape index (κ2) is 7.03. The third kappa shape index (κ3) is 3.69. The van der Waals surface area contributed by atoms with E-state index in [4.69, 9.17) is 9.84 Å². The van der Waals surface area contributed by atoms with Gasteiger partial charge in [-0.1, -0.05) is 0 Å². The summed E-state index contributed by atoms with van der Waals surface area (Å²) in [6.45, 7) is 1.17. The molecule has 0 saturated carbocycles. The Hall–Kier alpha value is -2.15. The number of hydrogen-bond donors (Lipinski definition) is 1. The second-order valence-corrected chi connectivity index (χ2v) is 4.87. The van der Waals surface area contributed by atoms with Gasteiger partial charge in [0.05, 0.1) is 17.1 Å². The quantitative estimate of drug-likeness (QED) is 0.505. The van der Waals surface area contributed by atoms with Gasteiger partial charge in [0.1, 0.15) is 12.3 Å². The van der Waals surface area contributed by atoms with Gasteiger partial charge in [-0.15, -0.1) is 0 Å². The molecule has 7 heteroatoms. The molecule has 0 unspecified atom stereocenters. The topological polar surface area (TPSA) is 92.9 Å². The first kappa shape index (κ1) is 15.2. The Kier molecular flexibility index (Phi) is 5.10. The predicted molar refractivity (Wildman–Crippen MR) is 76.5 cm³/mol. The fraction of sp³-hybridized carbons (Fsp3) is 0.500. The van der Waals surface area contributed by atoms with Crippen molar-refractivity contribution in [2.24, 2.45) is 0 Å². The normalized spacial score (nSPS) is 14.8. The number of esters is 1. The third-order valence-corrected chi connectivity index (χ3v) is 3.43. The van der Waals surface area contributed by atoms with E-state index in [2.05, 4.69) is 0 Å². The lowest BCUT2D eigenvalue weighted by Gasteiger charge is -2.28. The van der Waals surface area contributed by atoms with E-state index in [0.717, 1.165) is 32.4 Å². The number of nitro benzene ring substituents is 1. The van der Waals surface area contributed by atoms with Crippen LogP contribution in [0.2, 0.25) is 0 Å². The van der Waals surface area contributed by atoms with Crippen molar-refractivity contribution in [3.05, 3.63) is 33.9 Å². The standard InChI is InChI=1S/C14H18N2O5/c17-8-9-21-14(18)11-4-5-12(13(10-11)16(19)20)15-6-2-1-3-7-15/h4-5,10,17H,1-3,6-9H2. The number of aliphatic hydroxyl groups excluding tert-OH is 1. The van der Waals surface area contributed by atoms with Crippen molar-refractivity contribution < 1.29 is 19.6 Å².